The molecule has 2 aromatic rings. The fourth-order valence-electron chi connectivity index (χ4n) is 3.24. The van der Waals surface area contributed by atoms with E-state index in [2.05, 4.69) is 15.2 Å². The summed E-state index contributed by atoms with van der Waals surface area (Å²) < 4.78 is 62.5. The van der Waals surface area contributed by atoms with Gasteiger partial charge in [0.25, 0.3) is 0 Å². The third-order valence-electron chi connectivity index (χ3n) is 4.72. The third kappa shape index (κ3) is 4.87. The van der Waals surface area contributed by atoms with Gasteiger partial charge in [-0.1, -0.05) is 0 Å². The summed E-state index contributed by atoms with van der Waals surface area (Å²) in [6.45, 7) is -2.66. The van der Waals surface area contributed by atoms with Crippen LogP contribution in [-0.2, 0) is 21.9 Å². The van der Waals surface area contributed by atoms with Gasteiger partial charge in [0.2, 0.25) is 15.9 Å². The molecular formula is C18H22F2N4O5S. The van der Waals surface area contributed by atoms with Gasteiger partial charge in [-0.05, 0) is 25.0 Å². The Kier molecular flexibility index (Phi) is 6.56. The molecule has 12 heteroatoms. The van der Waals surface area contributed by atoms with Crippen molar-refractivity contribution in [2.75, 3.05) is 25.5 Å². The highest BCUT2D eigenvalue weighted by Crippen LogP contribution is 2.32. The SMILES string of the molecule is COc1cc(NC(=O)[C@H]2CCCN(S(=O)(=O)c3cnn(C)c3)C2)ccc1OC(F)F. The van der Waals surface area contributed by atoms with Crippen molar-refractivity contribution in [2.45, 2.75) is 24.3 Å². The van der Waals surface area contributed by atoms with Gasteiger partial charge in [-0.15, -0.1) is 0 Å². The molecule has 1 atom stereocenters. The highest BCUT2D eigenvalue weighted by Gasteiger charge is 2.34. The molecule has 9 nitrogen and oxygen atoms in total. The summed E-state index contributed by atoms with van der Waals surface area (Å²) >= 11 is 0. The maximum Gasteiger partial charge on any atom is 0.387 e. The van der Waals surface area contributed by atoms with E-state index in [-0.39, 0.29) is 28.8 Å². The van der Waals surface area contributed by atoms with Crippen LogP contribution in [0.2, 0.25) is 0 Å². The zero-order valence-electron chi connectivity index (χ0n) is 16.4. The first-order chi connectivity index (χ1) is 14.2. The summed E-state index contributed by atoms with van der Waals surface area (Å²) in [6, 6.07) is 4.04. The van der Waals surface area contributed by atoms with Gasteiger partial charge in [-0.3, -0.25) is 9.48 Å². The Morgan fingerprint density at radius 3 is 2.73 bits per heavy atom. The molecule has 1 aromatic carbocycles. The number of nitrogens with one attached hydrogen (secondary N) is 1. The van der Waals surface area contributed by atoms with Gasteiger partial charge in [-0.2, -0.15) is 18.2 Å². The van der Waals surface area contributed by atoms with Crippen LogP contribution in [0.4, 0.5) is 14.5 Å². The van der Waals surface area contributed by atoms with Crippen LogP contribution in [0.15, 0.2) is 35.5 Å². The number of methoxy groups -OCH3 is 1. The number of alkyl halides is 2. The van der Waals surface area contributed by atoms with E-state index in [9.17, 15) is 22.0 Å². The highest BCUT2D eigenvalue weighted by atomic mass is 32.2. The van der Waals surface area contributed by atoms with E-state index < -0.39 is 22.6 Å². The van der Waals surface area contributed by atoms with Crippen LogP contribution < -0.4 is 14.8 Å². The third-order valence-corrected chi connectivity index (χ3v) is 6.54. The summed E-state index contributed by atoms with van der Waals surface area (Å²) in [5.74, 6) is -1.05. The normalized spacial score (nSPS) is 17.7. The molecule has 0 unspecified atom stereocenters. The minimum Gasteiger partial charge on any atom is -0.493 e. The minimum atomic E-state index is -3.75. The van der Waals surface area contributed by atoms with Crippen LogP contribution in [0.1, 0.15) is 12.8 Å². The number of aromatic nitrogens is 2. The summed E-state index contributed by atoms with van der Waals surface area (Å²) in [5.41, 5.74) is 0.325. The van der Waals surface area contributed by atoms with Gasteiger partial charge in [0, 0.05) is 38.1 Å². The maximum absolute atomic E-state index is 12.8. The molecule has 1 saturated heterocycles. The molecule has 1 fully saturated rings. The van der Waals surface area contributed by atoms with Crippen LogP contribution in [0.5, 0.6) is 11.5 Å². The molecule has 1 aliphatic rings. The number of nitrogens with zero attached hydrogens (tertiary/aromatic N) is 3. The number of carbonyl (C=O) groups is 1. The summed E-state index contributed by atoms with van der Waals surface area (Å²) in [6.07, 6.45) is 3.74. The second-order valence-corrected chi connectivity index (χ2v) is 8.72. The van der Waals surface area contributed by atoms with Crippen molar-refractivity contribution in [1.29, 1.82) is 0 Å². The van der Waals surface area contributed by atoms with E-state index in [4.69, 9.17) is 4.74 Å². The number of aryl methyl sites for hydroxylation is 1. The number of rotatable bonds is 7. The molecule has 1 amide bonds. The minimum absolute atomic E-state index is 0.0345. The summed E-state index contributed by atoms with van der Waals surface area (Å²) in [5, 5.41) is 6.57. The predicted octanol–water partition coefficient (Wildman–Crippen LogP) is 2.07. The molecular weight excluding hydrogens is 422 g/mol. The zero-order chi connectivity index (χ0) is 21.9. The van der Waals surface area contributed by atoms with Gasteiger partial charge in [0.05, 0.1) is 19.2 Å². The number of piperidine rings is 1. The first-order valence-electron chi connectivity index (χ1n) is 9.13. The van der Waals surface area contributed by atoms with Gasteiger partial charge >= 0.3 is 6.61 Å². The molecule has 3 rings (SSSR count). The molecule has 1 N–H and O–H groups in total. The van der Waals surface area contributed by atoms with Gasteiger partial charge in [-0.25, -0.2) is 8.42 Å². The van der Waals surface area contributed by atoms with E-state index in [1.807, 2.05) is 0 Å². The number of hydrogen-bond donors (Lipinski definition) is 1. The Bertz CT molecular complexity index is 1010. The fraction of sp³-hybridized carbons (Fsp3) is 0.444. The molecule has 0 radical (unpaired) electrons. The van der Waals surface area contributed by atoms with Gasteiger partial charge in [0.1, 0.15) is 4.90 Å². The van der Waals surface area contributed by atoms with E-state index in [1.165, 1.54) is 46.7 Å². The molecule has 2 heterocycles. The standard InChI is InChI=1S/C18H22F2N4O5S/c1-23-11-14(9-21-23)30(26,27)24-7-3-4-12(10-24)17(25)22-13-5-6-15(29-18(19)20)16(8-13)28-2/h5-6,8-9,11-12,18H,3-4,7,10H2,1-2H3,(H,22,25)/t12-/m0/s1. The Balaban J connectivity index is 1.70. The molecule has 164 valence electrons. The van der Waals surface area contributed by atoms with Crippen molar-refractivity contribution >= 4 is 21.6 Å². The number of sulfonamides is 1. The summed E-state index contributed by atoms with van der Waals surface area (Å²) in [7, 11) is -0.830. The Morgan fingerprint density at radius 2 is 2.10 bits per heavy atom. The monoisotopic (exact) mass is 444 g/mol. The van der Waals surface area contributed by atoms with Crippen molar-refractivity contribution in [1.82, 2.24) is 14.1 Å². The Morgan fingerprint density at radius 1 is 1.33 bits per heavy atom. The van der Waals surface area contributed by atoms with E-state index in [1.54, 1.807) is 7.05 Å². The molecule has 0 aliphatic carbocycles. The van der Waals surface area contributed by atoms with Crippen molar-refractivity contribution in [3.05, 3.63) is 30.6 Å². The smallest absolute Gasteiger partial charge is 0.387 e. The van der Waals surface area contributed by atoms with Crippen molar-refractivity contribution < 1.29 is 31.5 Å². The average Bonchev–Trinajstić information content (AvgIpc) is 3.16. The van der Waals surface area contributed by atoms with Crippen LogP contribution in [0, 0.1) is 5.92 Å². The first kappa shape index (κ1) is 22.0. The average molecular weight is 444 g/mol. The lowest BCUT2D eigenvalue weighted by Gasteiger charge is -2.30. The number of anilines is 1. The highest BCUT2D eigenvalue weighted by molar-refractivity contribution is 7.89. The first-order valence-corrected chi connectivity index (χ1v) is 10.6. The number of halogens is 2. The molecule has 0 spiro atoms. The summed E-state index contributed by atoms with van der Waals surface area (Å²) in [4.78, 5) is 12.8. The van der Waals surface area contributed by atoms with Crippen LogP contribution in [0.3, 0.4) is 0 Å². The second kappa shape index (κ2) is 8.96. The van der Waals surface area contributed by atoms with E-state index in [0.717, 1.165) is 0 Å². The molecule has 1 aromatic heterocycles. The van der Waals surface area contributed by atoms with E-state index >= 15 is 0 Å². The number of ether oxygens (including phenoxy) is 2. The fourth-order valence-corrected chi connectivity index (χ4v) is 4.75. The van der Waals surface area contributed by atoms with E-state index in [0.29, 0.717) is 25.1 Å². The van der Waals surface area contributed by atoms with Crippen molar-refractivity contribution in [3.8, 4) is 11.5 Å². The lowest BCUT2D eigenvalue weighted by atomic mass is 9.98. The van der Waals surface area contributed by atoms with Crippen molar-refractivity contribution in [3.63, 3.8) is 0 Å². The number of hydrogen-bond acceptors (Lipinski definition) is 6. The second-order valence-electron chi connectivity index (χ2n) is 6.79. The number of benzene rings is 1. The molecule has 0 saturated carbocycles. The van der Waals surface area contributed by atoms with Crippen LogP contribution in [-0.4, -0.2) is 55.2 Å². The Hall–Kier alpha value is -2.73. The zero-order valence-corrected chi connectivity index (χ0v) is 17.2. The molecule has 1 aliphatic heterocycles. The maximum atomic E-state index is 12.8. The predicted molar refractivity (Wildman–Crippen MR) is 103 cm³/mol. The van der Waals surface area contributed by atoms with Crippen molar-refractivity contribution in [2.24, 2.45) is 13.0 Å². The van der Waals surface area contributed by atoms with Gasteiger partial charge in [0.15, 0.2) is 11.5 Å². The number of amides is 1. The Labute approximate surface area is 172 Å². The lowest BCUT2D eigenvalue weighted by Crippen LogP contribution is -2.43. The topological polar surface area (TPSA) is 103 Å². The molecule has 0 bridgehead atoms. The van der Waals surface area contributed by atoms with Crippen LogP contribution in [0.25, 0.3) is 0 Å². The largest absolute Gasteiger partial charge is 0.493 e. The van der Waals surface area contributed by atoms with Crippen LogP contribution >= 0.6 is 0 Å². The van der Waals surface area contributed by atoms with Gasteiger partial charge < -0.3 is 14.8 Å². The quantitative estimate of drug-likeness (QED) is 0.701. The number of carbonyl (C=O) groups excluding carboxylic acids is 1. The lowest BCUT2D eigenvalue weighted by molar-refractivity contribution is -0.120. The molecule has 30 heavy (non-hydrogen) atoms.